The molecule has 1 aromatic carbocycles. The summed E-state index contributed by atoms with van der Waals surface area (Å²) in [7, 11) is 1.46. The van der Waals surface area contributed by atoms with Gasteiger partial charge in [-0.1, -0.05) is 12.1 Å². The van der Waals surface area contributed by atoms with Gasteiger partial charge in [0.1, 0.15) is 17.7 Å². The second-order valence-corrected chi connectivity index (χ2v) is 4.03. The van der Waals surface area contributed by atoms with Crippen molar-refractivity contribution in [3.8, 4) is 23.6 Å². The van der Waals surface area contributed by atoms with E-state index in [9.17, 15) is 4.79 Å². The Bertz CT molecular complexity index is 666. The predicted octanol–water partition coefficient (Wildman–Crippen LogP) is 1.81. The quantitative estimate of drug-likeness (QED) is 0.470. The summed E-state index contributed by atoms with van der Waals surface area (Å²) in [5, 5.41) is 20.1. The molecule has 0 bridgehead atoms. The highest BCUT2D eigenvalue weighted by molar-refractivity contribution is 6.01. The molecule has 0 aliphatic rings. The van der Waals surface area contributed by atoms with E-state index in [1.165, 1.54) is 19.3 Å². The van der Waals surface area contributed by atoms with Crippen LogP contribution in [0.2, 0.25) is 0 Å². The van der Waals surface area contributed by atoms with Gasteiger partial charge < -0.3 is 14.8 Å². The van der Waals surface area contributed by atoms with Gasteiger partial charge in [-0.25, -0.2) is 0 Å². The van der Waals surface area contributed by atoms with Crippen molar-refractivity contribution in [3.63, 3.8) is 0 Å². The molecule has 0 aliphatic carbocycles. The fourth-order valence-electron chi connectivity index (χ4n) is 1.58. The van der Waals surface area contributed by atoms with Gasteiger partial charge in [-0.15, -0.1) is 6.58 Å². The van der Waals surface area contributed by atoms with E-state index in [1.54, 1.807) is 18.2 Å². The van der Waals surface area contributed by atoms with E-state index in [0.717, 1.165) is 0 Å². The van der Waals surface area contributed by atoms with Crippen LogP contribution in [-0.2, 0) is 4.79 Å². The second kappa shape index (κ2) is 8.83. The summed E-state index contributed by atoms with van der Waals surface area (Å²) in [5.74, 6) is 0.342. The van der Waals surface area contributed by atoms with E-state index in [-0.39, 0.29) is 18.7 Å². The Morgan fingerprint density at radius 1 is 1.41 bits per heavy atom. The van der Waals surface area contributed by atoms with Gasteiger partial charge in [-0.05, 0) is 23.8 Å². The van der Waals surface area contributed by atoms with Gasteiger partial charge in [0, 0.05) is 6.54 Å². The zero-order valence-corrected chi connectivity index (χ0v) is 12.1. The fraction of sp³-hybridized carbons (Fsp3) is 0.188. The molecule has 0 radical (unpaired) electrons. The lowest BCUT2D eigenvalue weighted by molar-refractivity contribution is -0.116. The number of nitrogens with zero attached hydrogens (tertiary/aromatic N) is 2. The summed E-state index contributed by atoms with van der Waals surface area (Å²) in [6.07, 6.45) is 2.96. The lowest BCUT2D eigenvalue weighted by Crippen LogP contribution is -2.24. The van der Waals surface area contributed by atoms with Gasteiger partial charge in [-0.2, -0.15) is 10.5 Å². The van der Waals surface area contributed by atoms with E-state index < -0.39 is 5.91 Å². The maximum absolute atomic E-state index is 11.8. The number of amides is 1. The zero-order valence-electron chi connectivity index (χ0n) is 12.1. The Morgan fingerprint density at radius 3 is 2.77 bits per heavy atom. The summed E-state index contributed by atoms with van der Waals surface area (Å²) >= 11 is 0. The molecule has 0 aromatic heterocycles. The van der Waals surface area contributed by atoms with Crippen LogP contribution < -0.4 is 14.8 Å². The first-order valence-electron chi connectivity index (χ1n) is 6.35. The molecular formula is C16H15N3O3. The molecule has 0 aliphatic heterocycles. The van der Waals surface area contributed by atoms with Crippen molar-refractivity contribution < 1.29 is 14.3 Å². The van der Waals surface area contributed by atoms with Crippen LogP contribution in [0.3, 0.4) is 0 Å². The third-order valence-electron chi connectivity index (χ3n) is 2.56. The monoisotopic (exact) mass is 297 g/mol. The summed E-state index contributed by atoms with van der Waals surface area (Å²) in [5.41, 5.74) is 0.570. The molecule has 112 valence electrons. The first-order valence-corrected chi connectivity index (χ1v) is 6.35. The highest BCUT2D eigenvalue weighted by Gasteiger charge is 2.09. The Kier molecular flexibility index (Phi) is 6.74. The fourth-order valence-corrected chi connectivity index (χ4v) is 1.58. The Labute approximate surface area is 128 Å². The largest absolute Gasteiger partial charge is 0.493 e. The van der Waals surface area contributed by atoms with E-state index in [0.29, 0.717) is 17.1 Å². The van der Waals surface area contributed by atoms with Crippen molar-refractivity contribution in [1.82, 2.24) is 5.32 Å². The van der Waals surface area contributed by atoms with Crippen LogP contribution in [0.4, 0.5) is 0 Å². The lowest BCUT2D eigenvalue weighted by atomic mass is 10.1. The first kappa shape index (κ1) is 16.8. The van der Waals surface area contributed by atoms with Crippen molar-refractivity contribution in [2.24, 2.45) is 0 Å². The van der Waals surface area contributed by atoms with Crippen LogP contribution in [-0.4, -0.2) is 26.2 Å². The third-order valence-corrected chi connectivity index (χ3v) is 2.56. The molecule has 1 amide bonds. The standard InChI is InChI=1S/C16H15N3O3/c1-3-7-19-16(20)13(11-18)9-12-4-5-14(22-8-6-17)15(10-12)21-2/h3-5,9-10H,1,7-8H2,2H3,(H,19,20)/b13-9+. The zero-order chi connectivity index (χ0) is 16.4. The van der Waals surface area contributed by atoms with E-state index in [2.05, 4.69) is 11.9 Å². The minimum atomic E-state index is -0.480. The number of hydrogen-bond acceptors (Lipinski definition) is 5. The minimum absolute atomic E-state index is 0.0328. The van der Waals surface area contributed by atoms with Gasteiger partial charge in [0.2, 0.25) is 0 Å². The van der Waals surface area contributed by atoms with Gasteiger partial charge in [-0.3, -0.25) is 4.79 Å². The van der Waals surface area contributed by atoms with Crippen LogP contribution in [0.5, 0.6) is 11.5 Å². The number of carbonyl (C=O) groups is 1. The van der Waals surface area contributed by atoms with E-state index >= 15 is 0 Å². The highest BCUT2D eigenvalue weighted by Crippen LogP contribution is 2.28. The normalized spacial score (nSPS) is 10.0. The number of benzene rings is 1. The maximum atomic E-state index is 11.8. The molecule has 0 spiro atoms. The smallest absolute Gasteiger partial charge is 0.262 e. The first-order chi connectivity index (χ1) is 10.7. The summed E-state index contributed by atoms with van der Waals surface area (Å²) in [4.78, 5) is 11.8. The van der Waals surface area contributed by atoms with Gasteiger partial charge in [0.05, 0.1) is 7.11 Å². The average Bonchev–Trinajstić information content (AvgIpc) is 2.55. The number of rotatable bonds is 7. The van der Waals surface area contributed by atoms with Crippen LogP contribution in [0.1, 0.15) is 5.56 Å². The summed E-state index contributed by atoms with van der Waals surface area (Å²) in [6, 6.07) is 8.60. The summed E-state index contributed by atoms with van der Waals surface area (Å²) < 4.78 is 10.4. The molecule has 0 atom stereocenters. The lowest BCUT2D eigenvalue weighted by Gasteiger charge is -2.09. The molecular weight excluding hydrogens is 282 g/mol. The van der Waals surface area contributed by atoms with Crippen molar-refractivity contribution in [3.05, 3.63) is 42.0 Å². The van der Waals surface area contributed by atoms with Gasteiger partial charge >= 0.3 is 0 Å². The van der Waals surface area contributed by atoms with Crippen LogP contribution in [0, 0.1) is 22.7 Å². The average molecular weight is 297 g/mol. The second-order valence-electron chi connectivity index (χ2n) is 4.03. The van der Waals surface area contributed by atoms with Crippen molar-refractivity contribution >= 4 is 12.0 Å². The molecule has 1 N–H and O–H groups in total. The molecule has 0 unspecified atom stereocenters. The molecule has 1 rings (SSSR count). The van der Waals surface area contributed by atoms with Gasteiger partial charge in [0.15, 0.2) is 18.1 Å². The number of nitrogens with one attached hydrogen (secondary N) is 1. The van der Waals surface area contributed by atoms with Crippen LogP contribution >= 0.6 is 0 Å². The van der Waals surface area contributed by atoms with Crippen LogP contribution in [0.15, 0.2) is 36.4 Å². The predicted molar refractivity (Wildman–Crippen MR) is 80.9 cm³/mol. The molecule has 0 heterocycles. The molecule has 6 nitrogen and oxygen atoms in total. The SMILES string of the molecule is C=CCNC(=O)/C(C#N)=C/c1ccc(OCC#N)c(OC)c1. The molecule has 0 saturated heterocycles. The van der Waals surface area contributed by atoms with E-state index in [4.69, 9.17) is 20.0 Å². The van der Waals surface area contributed by atoms with Crippen molar-refractivity contribution in [2.75, 3.05) is 20.3 Å². The van der Waals surface area contributed by atoms with Crippen molar-refractivity contribution in [2.45, 2.75) is 0 Å². The number of carbonyl (C=O) groups excluding carboxylic acids is 1. The van der Waals surface area contributed by atoms with E-state index in [1.807, 2.05) is 12.1 Å². The number of ether oxygens (including phenoxy) is 2. The topological polar surface area (TPSA) is 95.1 Å². The molecule has 0 fully saturated rings. The van der Waals surface area contributed by atoms with Crippen molar-refractivity contribution in [1.29, 1.82) is 10.5 Å². The number of hydrogen-bond donors (Lipinski definition) is 1. The Hall–Kier alpha value is -3.25. The van der Waals surface area contributed by atoms with Crippen LogP contribution in [0.25, 0.3) is 6.08 Å². The Morgan fingerprint density at radius 2 is 2.18 bits per heavy atom. The number of methoxy groups -OCH3 is 1. The highest BCUT2D eigenvalue weighted by atomic mass is 16.5. The molecule has 0 saturated carbocycles. The molecule has 1 aromatic rings. The molecule has 22 heavy (non-hydrogen) atoms. The third kappa shape index (κ3) is 4.69. The maximum Gasteiger partial charge on any atom is 0.262 e. The Balaban J connectivity index is 3.03. The minimum Gasteiger partial charge on any atom is -0.493 e. The molecule has 6 heteroatoms. The van der Waals surface area contributed by atoms with Gasteiger partial charge in [0.25, 0.3) is 5.91 Å². The summed E-state index contributed by atoms with van der Waals surface area (Å²) in [6.45, 7) is 3.67. The number of nitriles is 2.